The number of halogens is 1. The summed E-state index contributed by atoms with van der Waals surface area (Å²) in [6.45, 7) is 4.99. The zero-order valence-electron chi connectivity index (χ0n) is 15.3. The Kier molecular flexibility index (Phi) is 3.79. The van der Waals surface area contributed by atoms with Crippen molar-refractivity contribution in [1.82, 2.24) is 0 Å². The summed E-state index contributed by atoms with van der Waals surface area (Å²) in [5.41, 5.74) is 0.342. The molecule has 24 heavy (non-hydrogen) atoms. The number of hydrogen-bond acceptors (Lipinski definition) is 1. The van der Waals surface area contributed by atoms with Gasteiger partial charge in [-0.25, -0.2) is 0 Å². The molecule has 0 N–H and O–H groups in total. The minimum Gasteiger partial charge on any atom is -0.298 e. The number of rotatable bonds is 2. The highest BCUT2D eigenvalue weighted by atomic mass is 79.9. The molecule has 0 saturated heterocycles. The number of ketones is 1. The number of carbonyl (C=O) groups is 1. The van der Waals surface area contributed by atoms with E-state index < -0.39 is 0 Å². The SMILES string of the molecule is C[C@H]1CC[C@@H]2C3CC[C@@]4(C)C([C@@H]3CC[C@@H]2C1)[C@@H]1C[C@@H]1[C@@H]4C(=O)CBr. The van der Waals surface area contributed by atoms with Crippen molar-refractivity contribution in [3.05, 3.63) is 0 Å². The summed E-state index contributed by atoms with van der Waals surface area (Å²) in [4.78, 5) is 12.7. The average Bonchev–Trinajstić information content (AvgIpc) is 3.28. The van der Waals surface area contributed by atoms with E-state index in [9.17, 15) is 4.79 Å². The molecule has 0 amide bonds. The first-order valence-corrected chi connectivity index (χ1v) is 11.8. The Morgan fingerprint density at radius 2 is 1.75 bits per heavy atom. The van der Waals surface area contributed by atoms with Crippen LogP contribution in [0.15, 0.2) is 0 Å². The largest absolute Gasteiger partial charge is 0.298 e. The van der Waals surface area contributed by atoms with Crippen molar-refractivity contribution < 1.29 is 4.79 Å². The molecule has 1 nitrogen and oxygen atoms in total. The molecule has 0 bridgehead atoms. The lowest BCUT2D eigenvalue weighted by Crippen LogP contribution is -2.51. The minimum absolute atomic E-state index is 0.342. The molecule has 5 saturated carbocycles. The van der Waals surface area contributed by atoms with Crippen LogP contribution in [0.4, 0.5) is 0 Å². The molecule has 2 unspecified atom stereocenters. The van der Waals surface area contributed by atoms with Crippen LogP contribution in [0.5, 0.6) is 0 Å². The van der Waals surface area contributed by atoms with Gasteiger partial charge < -0.3 is 0 Å². The Morgan fingerprint density at radius 1 is 0.958 bits per heavy atom. The summed E-state index contributed by atoms with van der Waals surface area (Å²) < 4.78 is 0. The van der Waals surface area contributed by atoms with E-state index in [1.807, 2.05) is 0 Å². The van der Waals surface area contributed by atoms with Gasteiger partial charge in [-0.05, 0) is 97.7 Å². The van der Waals surface area contributed by atoms with E-state index in [0.717, 1.165) is 47.3 Å². The molecule has 5 aliphatic carbocycles. The Bertz CT molecular complexity index is 544. The van der Waals surface area contributed by atoms with Gasteiger partial charge in [-0.15, -0.1) is 0 Å². The van der Waals surface area contributed by atoms with Crippen molar-refractivity contribution >= 4 is 21.7 Å². The summed E-state index contributed by atoms with van der Waals surface area (Å²) in [7, 11) is 0. The van der Waals surface area contributed by atoms with Crippen LogP contribution in [-0.4, -0.2) is 11.1 Å². The Balaban J connectivity index is 1.43. The first-order chi connectivity index (χ1) is 11.5. The fourth-order valence-electron chi connectivity index (χ4n) is 8.74. The molecular weight excluding hydrogens is 360 g/mol. The standard InChI is InChI=1S/C22H33BrO/c1-12-3-5-14-13(9-12)4-6-16-15(14)7-8-22(2)20(16)17-10-18(17)21(22)19(24)11-23/h12-18,20-21H,3-11H2,1-2H3/t12-,13+,14-,15?,16+,17+,18-,20?,21+,22-/m0/s1. The Hall–Kier alpha value is 0.150. The lowest BCUT2D eigenvalue weighted by atomic mass is 9.48. The van der Waals surface area contributed by atoms with Gasteiger partial charge in [0, 0.05) is 5.92 Å². The van der Waals surface area contributed by atoms with Crippen molar-refractivity contribution in [2.75, 3.05) is 5.33 Å². The first-order valence-electron chi connectivity index (χ1n) is 10.6. The normalized spacial score (nSPS) is 58.2. The van der Waals surface area contributed by atoms with Gasteiger partial charge in [-0.1, -0.05) is 36.2 Å². The third-order valence-corrected chi connectivity index (χ3v) is 10.0. The van der Waals surface area contributed by atoms with E-state index in [4.69, 9.17) is 0 Å². The Morgan fingerprint density at radius 3 is 2.54 bits per heavy atom. The molecule has 0 aromatic heterocycles. The molecule has 0 aliphatic heterocycles. The molecule has 5 fully saturated rings. The minimum atomic E-state index is 0.342. The molecule has 0 radical (unpaired) electrons. The van der Waals surface area contributed by atoms with Crippen LogP contribution in [0.3, 0.4) is 0 Å². The molecule has 10 atom stereocenters. The van der Waals surface area contributed by atoms with Crippen molar-refractivity contribution in [2.45, 2.75) is 65.2 Å². The number of fused-ring (bicyclic) bond motifs is 7. The van der Waals surface area contributed by atoms with Gasteiger partial charge in [-0.3, -0.25) is 4.79 Å². The fraction of sp³-hybridized carbons (Fsp3) is 0.955. The molecule has 0 aromatic carbocycles. The van der Waals surface area contributed by atoms with Crippen LogP contribution >= 0.6 is 15.9 Å². The van der Waals surface area contributed by atoms with Gasteiger partial charge in [0.1, 0.15) is 5.78 Å². The second kappa shape index (κ2) is 5.57. The number of alkyl halides is 1. The van der Waals surface area contributed by atoms with Gasteiger partial charge in [-0.2, -0.15) is 0 Å². The molecule has 0 heterocycles. The van der Waals surface area contributed by atoms with Crippen molar-refractivity contribution in [3.63, 3.8) is 0 Å². The lowest BCUT2D eigenvalue weighted by Gasteiger charge is -2.57. The van der Waals surface area contributed by atoms with Crippen LogP contribution in [-0.2, 0) is 4.79 Å². The maximum atomic E-state index is 12.7. The quantitative estimate of drug-likeness (QED) is 0.549. The zero-order valence-corrected chi connectivity index (χ0v) is 16.9. The molecule has 134 valence electrons. The second-order valence-corrected chi connectivity index (χ2v) is 11.0. The van der Waals surface area contributed by atoms with Crippen molar-refractivity contribution in [3.8, 4) is 0 Å². The maximum absolute atomic E-state index is 12.7. The summed E-state index contributed by atoms with van der Waals surface area (Å²) in [5, 5.41) is 0.583. The highest BCUT2D eigenvalue weighted by Gasteiger charge is 2.70. The van der Waals surface area contributed by atoms with Crippen molar-refractivity contribution in [2.24, 2.45) is 58.7 Å². The average molecular weight is 393 g/mol. The summed E-state index contributed by atoms with van der Waals surface area (Å²) >= 11 is 3.48. The van der Waals surface area contributed by atoms with E-state index in [0.29, 0.717) is 22.4 Å². The van der Waals surface area contributed by atoms with Crippen molar-refractivity contribution in [1.29, 1.82) is 0 Å². The van der Waals surface area contributed by atoms with E-state index >= 15 is 0 Å². The fourth-order valence-corrected chi connectivity index (χ4v) is 9.09. The van der Waals surface area contributed by atoms with Crippen LogP contribution in [0.25, 0.3) is 0 Å². The monoisotopic (exact) mass is 392 g/mol. The predicted molar refractivity (Wildman–Crippen MR) is 101 cm³/mol. The van der Waals surface area contributed by atoms with Crippen LogP contribution in [0.2, 0.25) is 0 Å². The van der Waals surface area contributed by atoms with E-state index in [-0.39, 0.29) is 0 Å². The molecule has 0 spiro atoms. The highest BCUT2D eigenvalue weighted by Crippen LogP contribution is 2.74. The van der Waals surface area contributed by atoms with E-state index in [2.05, 4.69) is 29.8 Å². The van der Waals surface area contributed by atoms with Gasteiger partial charge in [0.2, 0.25) is 0 Å². The van der Waals surface area contributed by atoms with Gasteiger partial charge >= 0.3 is 0 Å². The van der Waals surface area contributed by atoms with Crippen LogP contribution < -0.4 is 0 Å². The van der Waals surface area contributed by atoms with E-state index in [1.54, 1.807) is 0 Å². The number of hydrogen-bond donors (Lipinski definition) is 0. The Labute approximate surface area is 155 Å². The van der Waals surface area contributed by atoms with Gasteiger partial charge in [0.25, 0.3) is 0 Å². The first kappa shape index (κ1) is 16.3. The smallest absolute Gasteiger partial charge is 0.147 e. The molecular formula is C22H33BrO. The van der Waals surface area contributed by atoms with Crippen LogP contribution in [0.1, 0.15) is 65.2 Å². The third kappa shape index (κ3) is 2.13. The summed E-state index contributed by atoms with van der Waals surface area (Å²) in [6, 6.07) is 0. The molecule has 5 aliphatic rings. The molecule has 2 heteroatoms. The summed E-state index contributed by atoms with van der Waals surface area (Å²) in [6.07, 6.45) is 11.6. The zero-order chi connectivity index (χ0) is 16.6. The lowest BCUT2D eigenvalue weighted by molar-refractivity contribution is -0.130. The summed E-state index contributed by atoms with van der Waals surface area (Å²) in [5.74, 6) is 8.47. The third-order valence-electron chi connectivity index (χ3n) is 9.48. The number of carbonyl (C=O) groups excluding carboxylic acids is 1. The highest BCUT2D eigenvalue weighted by molar-refractivity contribution is 9.09. The predicted octanol–water partition coefficient (Wildman–Crippen LogP) is 5.71. The topological polar surface area (TPSA) is 17.1 Å². The molecule has 0 aromatic rings. The maximum Gasteiger partial charge on any atom is 0.147 e. The number of Topliss-reactive ketones (excluding diaryl/α,β-unsaturated/α-hetero) is 1. The van der Waals surface area contributed by atoms with E-state index in [1.165, 1.54) is 51.4 Å². The van der Waals surface area contributed by atoms with Gasteiger partial charge in [0.05, 0.1) is 5.33 Å². The molecule has 5 rings (SSSR count). The van der Waals surface area contributed by atoms with Crippen LogP contribution in [0, 0.1) is 58.7 Å². The second-order valence-electron chi connectivity index (χ2n) is 10.5. The van der Waals surface area contributed by atoms with Gasteiger partial charge in [0.15, 0.2) is 0 Å².